The van der Waals surface area contributed by atoms with Crippen LogP contribution in [0.2, 0.25) is 10.0 Å². The van der Waals surface area contributed by atoms with E-state index in [2.05, 4.69) is 20.4 Å². The number of amides is 1. The molecule has 1 amide bonds. The lowest BCUT2D eigenvalue weighted by molar-refractivity contribution is 0.102. The van der Waals surface area contributed by atoms with Gasteiger partial charge in [-0.3, -0.25) is 15.1 Å². The van der Waals surface area contributed by atoms with Crippen molar-refractivity contribution in [3.05, 3.63) is 63.7 Å². The molecule has 0 saturated carbocycles. The molecule has 3 heterocycles. The minimum Gasteiger partial charge on any atom is -0.288 e. The van der Waals surface area contributed by atoms with Crippen LogP contribution in [0, 0.1) is 0 Å². The Hall–Kier alpha value is -2.48. The Labute approximate surface area is 156 Å². The Morgan fingerprint density at radius 3 is 2.84 bits per heavy atom. The first-order valence-electron chi connectivity index (χ1n) is 7.14. The van der Waals surface area contributed by atoms with Crippen molar-refractivity contribution in [3.8, 4) is 11.3 Å². The van der Waals surface area contributed by atoms with E-state index in [-0.39, 0.29) is 11.9 Å². The van der Waals surface area contributed by atoms with Crippen LogP contribution in [-0.4, -0.2) is 25.5 Å². The van der Waals surface area contributed by atoms with E-state index >= 15 is 0 Å². The summed E-state index contributed by atoms with van der Waals surface area (Å²) >= 11 is 13.6. The van der Waals surface area contributed by atoms with Crippen molar-refractivity contribution in [3.63, 3.8) is 0 Å². The maximum Gasteiger partial charge on any atom is 0.276 e. The zero-order chi connectivity index (χ0) is 17.4. The molecule has 0 fully saturated rings. The van der Waals surface area contributed by atoms with Gasteiger partial charge in [-0.15, -0.1) is 16.4 Å². The summed E-state index contributed by atoms with van der Waals surface area (Å²) in [4.78, 5) is 21.1. The highest BCUT2D eigenvalue weighted by Crippen LogP contribution is 2.33. The summed E-state index contributed by atoms with van der Waals surface area (Å²) in [7, 11) is 0. The third-order valence-corrected chi connectivity index (χ3v) is 4.78. The van der Waals surface area contributed by atoms with Crippen LogP contribution in [0.5, 0.6) is 0 Å². The molecule has 0 bridgehead atoms. The Morgan fingerprint density at radius 1 is 1.20 bits per heavy atom. The van der Waals surface area contributed by atoms with E-state index in [4.69, 9.17) is 23.2 Å². The van der Waals surface area contributed by atoms with Gasteiger partial charge in [0.05, 0.1) is 10.7 Å². The lowest BCUT2D eigenvalue weighted by atomic mass is 10.2. The number of pyridine rings is 1. The normalized spacial score (nSPS) is 11.0. The molecule has 124 valence electrons. The number of carbonyl (C=O) groups is 1. The minimum atomic E-state index is -0.370. The predicted molar refractivity (Wildman–Crippen MR) is 98.5 cm³/mol. The maximum absolute atomic E-state index is 12.2. The van der Waals surface area contributed by atoms with E-state index in [0.29, 0.717) is 20.7 Å². The number of hydrogen-bond acceptors (Lipinski definition) is 5. The second kappa shape index (κ2) is 6.44. The number of nitrogens with one attached hydrogen (secondary N) is 1. The van der Waals surface area contributed by atoms with Crippen LogP contribution < -0.4 is 5.32 Å². The fraction of sp³-hybridized carbons (Fsp3) is 0. The van der Waals surface area contributed by atoms with E-state index in [1.807, 2.05) is 11.4 Å². The summed E-state index contributed by atoms with van der Waals surface area (Å²) in [6.07, 6.45) is 1.55. The van der Waals surface area contributed by atoms with Gasteiger partial charge < -0.3 is 0 Å². The molecule has 0 aliphatic heterocycles. The number of carbonyl (C=O) groups excluding carboxylic acids is 1. The number of thiazole rings is 1. The molecule has 0 spiro atoms. The SMILES string of the molecule is O=C(Nc1nc2scc(-c3ccc(Cl)cc3Cl)n2n1)c1ccccn1. The van der Waals surface area contributed by atoms with E-state index in [1.165, 1.54) is 11.3 Å². The average molecular weight is 390 g/mol. The summed E-state index contributed by atoms with van der Waals surface area (Å²) < 4.78 is 1.63. The number of fused-ring (bicyclic) bond motifs is 1. The number of aromatic nitrogens is 4. The van der Waals surface area contributed by atoms with Crippen LogP contribution in [0.25, 0.3) is 16.2 Å². The first kappa shape index (κ1) is 16.0. The molecule has 0 radical (unpaired) electrons. The van der Waals surface area contributed by atoms with Gasteiger partial charge in [-0.2, -0.15) is 4.98 Å². The number of nitrogens with zero attached hydrogens (tertiary/aromatic N) is 4. The fourth-order valence-electron chi connectivity index (χ4n) is 2.28. The quantitative estimate of drug-likeness (QED) is 0.563. The first-order valence-corrected chi connectivity index (χ1v) is 8.77. The van der Waals surface area contributed by atoms with Gasteiger partial charge in [0.1, 0.15) is 5.69 Å². The van der Waals surface area contributed by atoms with Gasteiger partial charge in [-0.05, 0) is 30.3 Å². The van der Waals surface area contributed by atoms with Gasteiger partial charge in [0, 0.05) is 22.2 Å². The van der Waals surface area contributed by atoms with Gasteiger partial charge in [-0.25, -0.2) is 4.52 Å². The van der Waals surface area contributed by atoms with Gasteiger partial charge in [0.25, 0.3) is 11.9 Å². The molecule has 0 aliphatic rings. The van der Waals surface area contributed by atoms with Crippen molar-refractivity contribution in [2.24, 2.45) is 0 Å². The number of rotatable bonds is 3. The van der Waals surface area contributed by atoms with Crippen LogP contribution in [0.1, 0.15) is 10.5 Å². The summed E-state index contributed by atoms with van der Waals surface area (Å²) in [5, 5.41) is 9.96. The van der Waals surface area contributed by atoms with Gasteiger partial charge >= 0.3 is 0 Å². The predicted octanol–water partition coefficient (Wildman–Crippen LogP) is 4.41. The zero-order valence-electron chi connectivity index (χ0n) is 12.5. The number of benzene rings is 1. The Kier molecular flexibility index (Phi) is 4.12. The molecule has 1 aromatic carbocycles. The van der Waals surface area contributed by atoms with E-state index in [0.717, 1.165) is 11.3 Å². The lowest BCUT2D eigenvalue weighted by Crippen LogP contribution is -2.14. The molecule has 4 rings (SSSR count). The average Bonchev–Trinajstić information content (AvgIpc) is 3.16. The second-order valence-electron chi connectivity index (χ2n) is 5.04. The first-order chi connectivity index (χ1) is 12.1. The fourth-order valence-corrected chi connectivity index (χ4v) is 3.61. The molecule has 0 unspecified atom stereocenters. The molecule has 25 heavy (non-hydrogen) atoms. The lowest BCUT2D eigenvalue weighted by Gasteiger charge is -2.03. The van der Waals surface area contributed by atoms with Gasteiger partial charge in [-0.1, -0.05) is 29.3 Å². The van der Waals surface area contributed by atoms with Crippen molar-refractivity contribution in [2.45, 2.75) is 0 Å². The van der Waals surface area contributed by atoms with Crippen molar-refractivity contribution in [1.82, 2.24) is 19.6 Å². The van der Waals surface area contributed by atoms with Crippen molar-refractivity contribution >= 4 is 51.4 Å². The van der Waals surface area contributed by atoms with Crippen LogP contribution in [0.3, 0.4) is 0 Å². The Morgan fingerprint density at radius 2 is 2.08 bits per heavy atom. The monoisotopic (exact) mass is 389 g/mol. The molecule has 0 aliphatic carbocycles. The largest absolute Gasteiger partial charge is 0.288 e. The molecule has 1 N–H and O–H groups in total. The molecular formula is C16H9Cl2N5OS. The topological polar surface area (TPSA) is 72.2 Å². The Balaban J connectivity index is 1.68. The smallest absolute Gasteiger partial charge is 0.276 e. The molecule has 0 atom stereocenters. The van der Waals surface area contributed by atoms with E-state index < -0.39 is 0 Å². The molecule has 9 heteroatoms. The molecular weight excluding hydrogens is 381 g/mol. The summed E-state index contributed by atoms with van der Waals surface area (Å²) in [5.74, 6) is -0.168. The Bertz CT molecular complexity index is 1080. The minimum absolute atomic E-state index is 0.203. The highest BCUT2D eigenvalue weighted by Gasteiger charge is 2.16. The second-order valence-corrected chi connectivity index (χ2v) is 6.72. The number of hydrogen-bond donors (Lipinski definition) is 1. The summed E-state index contributed by atoms with van der Waals surface area (Å²) in [5.41, 5.74) is 1.85. The summed E-state index contributed by atoms with van der Waals surface area (Å²) in [6.45, 7) is 0. The highest BCUT2D eigenvalue weighted by atomic mass is 35.5. The van der Waals surface area contributed by atoms with Crippen LogP contribution in [0.15, 0.2) is 48.0 Å². The maximum atomic E-state index is 12.2. The number of halogens is 2. The third-order valence-electron chi connectivity index (χ3n) is 3.41. The van der Waals surface area contributed by atoms with Crippen LogP contribution in [0.4, 0.5) is 5.95 Å². The van der Waals surface area contributed by atoms with Gasteiger partial charge in [0.2, 0.25) is 4.96 Å². The van der Waals surface area contributed by atoms with Crippen molar-refractivity contribution in [1.29, 1.82) is 0 Å². The van der Waals surface area contributed by atoms with E-state index in [9.17, 15) is 4.79 Å². The van der Waals surface area contributed by atoms with Crippen LogP contribution in [-0.2, 0) is 0 Å². The molecule has 6 nitrogen and oxygen atoms in total. The van der Waals surface area contributed by atoms with Crippen LogP contribution >= 0.6 is 34.5 Å². The molecule has 3 aromatic heterocycles. The van der Waals surface area contributed by atoms with E-state index in [1.54, 1.807) is 41.0 Å². The highest BCUT2D eigenvalue weighted by molar-refractivity contribution is 7.15. The standard InChI is InChI=1S/C16H9Cl2N5OS/c17-9-4-5-10(11(18)7-9)13-8-25-16-21-15(22-23(13)16)20-14(24)12-3-1-2-6-19-12/h1-8H,(H,20,22,24). The summed E-state index contributed by atoms with van der Waals surface area (Å²) in [6, 6.07) is 10.3. The zero-order valence-corrected chi connectivity index (χ0v) is 14.8. The molecule has 4 aromatic rings. The number of anilines is 1. The van der Waals surface area contributed by atoms with Gasteiger partial charge in [0.15, 0.2) is 0 Å². The molecule has 0 saturated heterocycles. The van der Waals surface area contributed by atoms with Crippen molar-refractivity contribution in [2.75, 3.05) is 5.32 Å². The van der Waals surface area contributed by atoms with Crippen molar-refractivity contribution < 1.29 is 4.79 Å². The third kappa shape index (κ3) is 3.09.